The topological polar surface area (TPSA) is 60.2 Å². The van der Waals surface area contributed by atoms with E-state index < -0.39 is 6.61 Å². The first-order valence-electron chi connectivity index (χ1n) is 8.32. The molecule has 0 unspecified atom stereocenters. The average molecular weight is 407 g/mol. The molecular formula is C19H17ClF2N4O2. The maximum Gasteiger partial charge on any atom is 0.387 e. The number of nitrogens with zero attached hydrogens (tertiary/aromatic N) is 4. The van der Waals surface area contributed by atoms with Crippen LogP contribution in [0.3, 0.4) is 0 Å². The van der Waals surface area contributed by atoms with E-state index in [0.29, 0.717) is 16.4 Å². The van der Waals surface area contributed by atoms with Gasteiger partial charge < -0.3 is 9.64 Å². The minimum absolute atomic E-state index is 0.0630. The molecule has 3 aromatic rings. The van der Waals surface area contributed by atoms with Crippen molar-refractivity contribution >= 4 is 17.5 Å². The lowest BCUT2D eigenvalue weighted by Crippen LogP contribution is -2.27. The third-order valence-corrected chi connectivity index (χ3v) is 4.17. The maximum atomic E-state index is 12.8. The van der Waals surface area contributed by atoms with E-state index in [9.17, 15) is 13.6 Å². The van der Waals surface area contributed by atoms with Gasteiger partial charge in [-0.3, -0.25) is 4.79 Å². The van der Waals surface area contributed by atoms with Crippen LogP contribution in [0.5, 0.6) is 5.75 Å². The number of aryl methyl sites for hydroxylation is 1. The van der Waals surface area contributed by atoms with Crippen LogP contribution in [0.1, 0.15) is 21.7 Å². The van der Waals surface area contributed by atoms with Crippen LogP contribution < -0.4 is 4.74 Å². The Morgan fingerprint density at radius 1 is 1.21 bits per heavy atom. The molecule has 6 nitrogen and oxygen atoms in total. The molecule has 0 saturated carbocycles. The first-order chi connectivity index (χ1) is 13.3. The molecule has 0 radical (unpaired) electrons. The van der Waals surface area contributed by atoms with Crippen molar-refractivity contribution in [3.05, 3.63) is 70.5 Å². The van der Waals surface area contributed by atoms with Crippen LogP contribution in [0.2, 0.25) is 5.02 Å². The smallest absolute Gasteiger partial charge is 0.387 e. The van der Waals surface area contributed by atoms with Crippen LogP contribution in [0.4, 0.5) is 8.78 Å². The number of hydrogen-bond donors (Lipinski definition) is 0. The lowest BCUT2D eigenvalue weighted by Gasteiger charge is -2.16. The second kappa shape index (κ2) is 8.35. The summed E-state index contributed by atoms with van der Waals surface area (Å²) >= 11 is 5.99. The van der Waals surface area contributed by atoms with E-state index >= 15 is 0 Å². The molecule has 0 bridgehead atoms. The van der Waals surface area contributed by atoms with Gasteiger partial charge in [0.25, 0.3) is 5.91 Å². The molecular weight excluding hydrogens is 390 g/mol. The fraction of sp³-hybridized carbons (Fsp3) is 0.211. The van der Waals surface area contributed by atoms with E-state index in [0.717, 1.165) is 5.56 Å². The molecule has 0 fully saturated rings. The number of amides is 1. The number of benzene rings is 2. The number of hydrogen-bond acceptors (Lipinski definition) is 4. The molecule has 0 aliphatic rings. The van der Waals surface area contributed by atoms with E-state index in [1.165, 1.54) is 21.8 Å². The van der Waals surface area contributed by atoms with Crippen LogP contribution in [0, 0.1) is 6.92 Å². The fourth-order valence-electron chi connectivity index (χ4n) is 2.60. The van der Waals surface area contributed by atoms with Gasteiger partial charge in [0.05, 0.1) is 11.4 Å². The molecule has 0 spiro atoms. The highest BCUT2D eigenvalue weighted by Crippen LogP contribution is 2.18. The van der Waals surface area contributed by atoms with Gasteiger partial charge in [0.1, 0.15) is 5.75 Å². The summed E-state index contributed by atoms with van der Waals surface area (Å²) in [6.45, 7) is -0.900. The molecule has 28 heavy (non-hydrogen) atoms. The zero-order chi connectivity index (χ0) is 20.3. The minimum atomic E-state index is -2.87. The van der Waals surface area contributed by atoms with Crippen LogP contribution in [0.25, 0.3) is 5.69 Å². The van der Waals surface area contributed by atoms with Crippen molar-refractivity contribution in [3.8, 4) is 11.4 Å². The first kappa shape index (κ1) is 19.8. The second-order valence-corrected chi connectivity index (χ2v) is 6.52. The Morgan fingerprint density at radius 3 is 2.57 bits per heavy atom. The Morgan fingerprint density at radius 2 is 1.93 bits per heavy atom. The average Bonchev–Trinajstić information content (AvgIpc) is 3.04. The third kappa shape index (κ3) is 4.64. The Bertz CT molecular complexity index is 976. The standard InChI is InChI=1S/C19H17ClF2N4O2/c1-12-17(24-26(23-12)15-5-3-4-14(20)10-15)18(27)25(2)11-13-6-8-16(9-7-13)28-19(21)22/h3-10,19H,11H2,1-2H3. The van der Waals surface area contributed by atoms with Crippen molar-refractivity contribution in [2.24, 2.45) is 0 Å². The van der Waals surface area contributed by atoms with E-state index in [1.54, 1.807) is 50.4 Å². The number of alkyl halides is 2. The summed E-state index contributed by atoms with van der Waals surface area (Å²) in [5, 5.41) is 9.11. The number of carbonyl (C=O) groups excluding carboxylic acids is 1. The molecule has 1 heterocycles. The van der Waals surface area contributed by atoms with E-state index in [2.05, 4.69) is 14.9 Å². The molecule has 0 aliphatic carbocycles. The number of halogens is 3. The maximum absolute atomic E-state index is 12.8. The van der Waals surface area contributed by atoms with Crippen molar-refractivity contribution in [2.75, 3.05) is 7.05 Å². The van der Waals surface area contributed by atoms with Crippen molar-refractivity contribution in [3.63, 3.8) is 0 Å². The van der Waals surface area contributed by atoms with Crippen LogP contribution in [0.15, 0.2) is 48.5 Å². The van der Waals surface area contributed by atoms with Gasteiger partial charge in [-0.05, 0) is 42.8 Å². The monoisotopic (exact) mass is 406 g/mol. The Balaban J connectivity index is 1.73. The second-order valence-electron chi connectivity index (χ2n) is 6.09. The predicted octanol–water partition coefficient (Wildman–Crippen LogP) is 4.10. The van der Waals surface area contributed by atoms with Crippen molar-refractivity contribution < 1.29 is 18.3 Å². The van der Waals surface area contributed by atoms with Crippen molar-refractivity contribution in [1.29, 1.82) is 0 Å². The van der Waals surface area contributed by atoms with Gasteiger partial charge in [-0.1, -0.05) is 29.8 Å². The number of rotatable bonds is 6. The van der Waals surface area contributed by atoms with E-state index in [1.807, 2.05) is 0 Å². The molecule has 1 aromatic heterocycles. The number of aromatic nitrogens is 3. The number of carbonyl (C=O) groups is 1. The summed E-state index contributed by atoms with van der Waals surface area (Å²) in [6, 6.07) is 13.1. The fourth-order valence-corrected chi connectivity index (χ4v) is 2.78. The summed E-state index contributed by atoms with van der Waals surface area (Å²) in [6.07, 6.45) is 0. The first-order valence-corrected chi connectivity index (χ1v) is 8.70. The summed E-state index contributed by atoms with van der Waals surface area (Å²) in [7, 11) is 1.63. The summed E-state index contributed by atoms with van der Waals surface area (Å²) < 4.78 is 28.7. The normalized spacial score (nSPS) is 10.9. The number of ether oxygens (including phenoxy) is 1. The molecule has 0 aliphatic heterocycles. The van der Waals surface area contributed by atoms with Gasteiger partial charge >= 0.3 is 6.61 Å². The summed E-state index contributed by atoms with van der Waals surface area (Å²) in [5.41, 5.74) is 2.11. The quantitative estimate of drug-likeness (QED) is 0.618. The Labute approximate surface area is 165 Å². The largest absolute Gasteiger partial charge is 0.435 e. The van der Waals surface area contributed by atoms with Gasteiger partial charge in [-0.15, -0.1) is 5.10 Å². The third-order valence-electron chi connectivity index (χ3n) is 3.94. The van der Waals surface area contributed by atoms with Crippen molar-refractivity contribution in [2.45, 2.75) is 20.1 Å². The molecule has 0 N–H and O–H groups in total. The highest BCUT2D eigenvalue weighted by molar-refractivity contribution is 6.30. The van der Waals surface area contributed by atoms with Gasteiger partial charge in [0.15, 0.2) is 5.69 Å². The zero-order valence-electron chi connectivity index (χ0n) is 15.1. The van der Waals surface area contributed by atoms with Gasteiger partial charge in [-0.2, -0.15) is 18.7 Å². The zero-order valence-corrected chi connectivity index (χ0v) is 15.9. The molecule has 0 saturated heterocycles. The lowest BCUT2D eigenvalue weighted by molar-refractivity contribution is -0.0498. The minimum Gasteiger partial charge on any atom is -0.435 e. The molecule has 0 atom stereocenters. The highest BCUT2D eigenvalue weighted by Gasteiger charge is 2.20. The van der Waals surface area contributed by atoms with Gasteiger partial charge in [-0.25, -0.2) is 0 Å². The molecule has 146 valence electrons. The molecule has 9 heteroatoms. The van der Waals surface area contributed by atoms with Gasteiger partial charge in [0.2, 0.25) is 0 Å². The lowest BCUT2D eigenvalue weighted by atomic mass is 10.2. The Hall–Kier alpha value is -3.00. The summed E-state index contributed by atoms with van der Waals surface area (Å²) in [5.74, 6) is -0.244. The SMILES string of the molecule is Cc1nn(-c2cccc(Cl)c2)nc1C(=O)N(C)Cc1ccc(OC(F)F)cc1. The van der Waals surface area contributed by atoms with Crippen LogP contribution >= 0.6 is 11.6 Å². The van der Waals surface area contributed by atoms with Gasteiger partial charge in [0, 0.05) is 18.6 Å². The molecule has 1 amide bonds. The molecule has 3 rings (SSSR count). The Kier molecular flexibility index (Phi) is 5.89. The van der Waals surface area contributed by atoms with E-state index in [-0.39, 0.29) is 23.9 Å². The highest BCUT2D eigenvalue weighted by atomic mass is 35.5. The molecule has 2 aromatic carbocycles. The van der Waals surface area contributed by atoms with E-state index in [4.69, 9.17) is 11.6 Å². The van der Waals surface area contributed by atoms with Crippen molar-refractivity contribution in [1.82, 2.24) is 19.9 Å². The van der Waals surface area contributed by atoms with Crippen LogP contribution in [-0.2, 0) is 6.54 Å². The summed E-state index contributed by atoms with van der Waals surface area (Å²) in [4.78, 5) is 15.6. The predicted molar refractivity (Wildman–Crippen MR) is 100.0 cm³/mol. The van der Waals surface area contributed by atoms with Crippen LogP contribution in [-0.4, -0.2) is 39.5 Å².